The number of hydrogen-bond acceptors (Lipinski definition) is 5. The molecule has 7 heteroatoms. The maximum atomic E-state index is 12.6. The van der Waals surface area contributed by atoms with Gasteiger partial charge in [-0.1, -0.05) is 11.6 Å². The summed E-state index contributed by atoms with van der Waals surface area (Å²) < 4.78 is 5.12. The van der Waals surface area contributed by atoms with Gasteiger partial charge in [0.15, 0.2) is 0 Å². The van der Waals surface area contributed by atoms with E-state index < -0.39 is 0 Å². The minimum Gasteiger partial charge on any atom is -0.495 e. The molecule has 6 nitrogen and oxygen atoms in total. The summed E-state index contributed by atoms with van der Waals surface area (Å²) in [6.45, 7) is 3.73. The third-order valence-electron chi connectivity index (χ3n) is 4.12. The van der Waals surface area contributed by atoms with Crippen molar-refractivity contribution >= 4 is 29.1 Å². The molecule has 1 aliphatic rings. The van der Waals surface area contributed by atoms with Crippen molar-refractivity contribution in [2.24, 2.45) is 0 Å². The number of anilines is 2. The Morgan fingerprint density at radius 2 is 1.96 bits per heavy atom. The molecule has 0 aliphatic carbocycles. The van der Waals surface area contributed by atoms with Crippen LogP contribution in [0.3, 0.4) is 0 Å². The quantitative estimate of drug-likeness (QED) is 0.900. The van der Waals surface area contributed by atoms with Gasteiger partial charge in [0.2, 0.25) is 5.95 Å². The van der Waals surface area contributed by atoms with E-state index in [0.717, 1.165) is 31.6 Å². The van der Waals surface area contributed by atoms with Crippen molar-refractivity contribution < 1.29 is 9.53 Å². The van der Waals surface area contributed by atoms with Crippen LogP contribution in [0.25, 0.3) is 0 Å². The Bertz CT molecular complexity index is 776. The summed E-state index contributed by atoms with van der Waals surface area (Å²) in [4.78, 5) is 23.6. The lowest BCUT2D eigenvalue weighted by molar-refractivity contribution is 0.102. The zero-order valence-corrected chi connectivity index (χ0v) is 15.1. The van der Waals surface area contributed by atoms with Crippen molar-refractivity contribution in [2.45, 2.75) is 26.2 Å². The van der Waals surface area contributed by atoms with Gasteiger partial charge in [-0.05, 0) is 50.5 Å². The van der Waals surface area contributed by atoms with Crippen LogP contribution in [0.15, 0.2) is 24.3 Å². The Morgan fingerprint density at radius 3 is 2.64 bits per heavy atom. The number of benzene rings is 1. The van der Waals surface area contributed by atoms with Crippen molar-refractivity contribution in [2.75, 3.05) is 30.4 Å². The fraction of sp³-hybridized carbons (Fsp3) is 0.389. The fourth-order valence-electron chi connectivity index (χ4n) is 2.84. The summed E-state index contributed by atoms with van der Waals surface area (Å²) in [7, 11) is 1.55. The first kappa shape index (κ1) is 17.5. The normalized spacial score (nSPS) is 14.3. The van der Waals surface area contributed by atoms with Crippen LogP contribution in [0.5, 0.6) is 5.75 Å². The van der Waals surface area contributed by atoms with Crippen molar-refractivity contribution in [3.05, 3.63) is 40.7 Å². The molecule has 0 unspecified atom stereocenters. The third-order valence-corrected chi connectivity index (χ3v) is 4.42. The lowest BCUT2D eigenvalue weighted by Crippen LogP contribution is -2.31. The smallest absolute Gasteiger partial charge is 0.274 e. The van der Waals surface area contributed by atoms with Crippen LogP contribution < -0.4 is 15.0 Å². The highest BCUT2D eigenvalue weighted by atomic mass is 35.5. The molecule has 132 valence electrons. The van der Waals surface area contributed by atoms with E-state index in [2.05, 4.69) is 20.2 Å². The number of methoxy groups -OCH3 is 1. The second-order valence-corrected chi connectivity index (χ2v) is 6.45. The van der Waals surface area contributed by atoms with Gasteiger partial charge in [-0.25, -0.2) is 9.97 Å². The maximum Gasteiger partial charge on any atom is 0.274 e. The second kappa shape index (κ2) is 7.70. The fourth-order valence-corrected chi connectivity index (χ4v) is 3.10. The van der Waals surface area contributed by atoms with E-state index in [4.69, 9.17) is 16.3 Å². The molecule has 1 fully saturated rings. The Balaban J connectivity index is 1.79. The lowest BCUT2D eigenvalue weighted by Gasteiger charge is -2.27. The first-order chi connectivity index (χ1) is 12.1. The number of ether oxygens (including phenoxy) is 1. The summed E-state index contributed by atoms with van der Waals surface area (Å²) in [5.74, 6) is 0.896. The number of nitrogens with one attached hydrogen (secondary N) is 1. The van der Waals surface area contributed by atoms with Crippen LogP contribution in [0.2, 0.25) is 5.02 Å². The zero-order valence-electron chi connectivity index (χ0n) is 14.4. The van der Waals surface area contributed by atoms with Gasteiger partial charge in [0.1, 0.15) is 11.4 Å². The van der Waals surface area contributed by atoms with Gasteiger partial charge < -0.3 is 15.0 Å². The predicted octanol–water partition coefficient (Wildman–Crippen LogP) is 3.69. The molecule has 0 bridgehead atoms. The van der Waals surface area contributed by atoms with Crippen LogP contribution in [0.1, 0.15) is 35.4 Å². The summed E-state index contributed by atoms with van der Waals surface area (Å²) in [5.41, 5.74) is 1.71. The number of carbonyl (C=O) groups is 1. The number of nitrogens with zero attached hydrogens (tertiary/aromatic N) is 3. The standard InChI is InChI=1S/C18H21ClN4O2/c1-12-10-15(22-18(20-12)23-8-4-3-5-9-23)17(24)21-13-6-7-16(25-2)14(19)11-13/h6-7,10-11H,3-5,8-9H2,1-2H3,(H,21,24). The third kappa shape index (κ3) is 4.20. The molecule has 1 saturated heterocycles. The molecule has 25 heavy (non-hydrogen) atoms. The van der Waals surface area contributed by atoms with Crippen molar-refractivity contribution in [3.8, 4) is 5.75 Å². The Morgan fingerprint density at radius 1 is 1.20 bits per heavy atom. The molecule has 1 aromatic heterocycles. The van der Waals surface area contributed by atoms with Crippen molar-refractivity contribution in [1.82, 2.24) is 9.97 Å². The highest BCUT2D eigenvalue weighted by Gasteiger charge is 2.17. The lowest BCUT2D eigenvalue weighted by atomic mass is 10.1. The van der Waals surface area contributed by atoms with Crippen LogP contribution in [0.4, 0.5) is 11.6 Å². The van der Waals surface area contributed by atoms with E-state index in [9.17, 15) is 4.79 Å². The van der Waals surface area contributed by atoms with Crippen LogP contribution in [-0.4, -0.2) is 36.1 Å². The van der Waals surface area contributed by atoms with Gasteiger partial charge in [-0.2, -0.15) is 0 Å². The first-order valence-electron chi connectivity index (χ1n) is 8.32. The molecule has 2 heterocycles. The highest BCUT2D eigenvalue weighted by Crippen LogP contribution is 2.27. The van der Waals surface area contributed by atoms with Crippen LogP contribution in [0, 0.1) is 6.92 Å². The summed E-state index contributed by atoms with van der Waals surface area (Å²) in [5, 5.41) is 3.26. The van der Waals surface area contributed by atoms with E-state index in [1.165, 1.54) is 6.42 Å². The molecule has 1 aromatic carbocycles. The average Bonchev–Trinajstić information content (AvgIpc) is 2.62. The van der Waals surface area contributed by atoms with Crippen LogP contribution in [-0.2, 0) is 0 Å². The van der Waals surface area contributed by atoms with Crippen molar-refractivity contribution in [1.29, 1.82) is 0 Å². The zero-order chi connectivity index (χ0) is 17.8. The number of aromatic nitrogens is 2. The average molecular weight is 361 g/mol. The van der Waals surface area contributed by atoms with E-state index in [-0.39, 0.29) is 5.91 Å². The molecular weight excluding hydrogens is 340 g/mol. The van der Waals surface area contributed by atoms with Gasteiger partial charge >= 0.3 is 0 Å². The summed E-state index contributed by atoms with van der Waals surface area (Å²) in [6.07, 6.45) is 3.49. The second-order valence-electron chi connectivity index (χ2n) is 6.05. The molecular formula is C18H21ClN4O2. The van der Waals surface area contributed by atoms with Gasteiger partial charge in [-0.3, -0.25) is 4.79 Å². The SMILES string of the molecule is COc1ccc(NC(=O)c2cc(C)nc(N3CCCCC3)n2)cc1Cl. The molecule has 1 N–H and O–H groups in total. The summed E-state index contributed by atoms with van der Waals surface area (Å²) >= 11 is 6.10. The molecule has 3 rings (SSSR count). The Labute approximate surface area is 152 Å². The van der Waals surface area contributed by atoms with E-state index >= 15 is 0 Å². The topological polar surface area (TPSA) is 67.3 Å². The molecule has 2 aromatic rings. The number of aryl methyl sites for hydroxylation is 1. The Kier molecular flexibility index (Phi) is 5.38. The number of carbonyl (C=O) groups excluding carboxylic acids is 1. The van der Waals surface area contributed by atoms with Gasteiger partial charge in [0.05, 0.1) is 12.1 Å². The van der Waals surface area contributed by atoms with Gasteiger partial charge in [0.25, 0.3) is 5.91 Å². The number of piperidine rings is 1. The predicted molar refractivity (Wildman–Crippen MR) is 98.8 cm³/mol. The van der Waals surface area contributed by atoms with E-state index in [1.807, 2.05) is 6.92 Å². The number of amides is 1. The highest BCUT2D eigenvalue weighted by molar-refractivity contribution is 6.32. The largest absolute Gasteiger partial charge is 0.495 e. The van der Waals surface area contributed by atoms with Gasteiger partial charge in [0, 0.05) is 24.5 Å². The van der Waals surface area contributed by atoms with Gasteiger partial charge in [-0.15, -0.1) is 0 Å². The van der Waals surface area contributed by atoms with Crippen molar-refractivity contribution in [3.63, 3.8) is 0 Å². The minimum atomic E-state index is -0.287. The van der Waals surface area contributed by atoms with E-state index in [1.54, 1.807) is 31.4 Å². The molecule has 0 spiro atoms. The summed E-state index contributed by atoms with van der Waals surface area (Å²) in [6, 6.07) is 6.79. The van der Waals surface area contributed by atoms with E-state index in [0.29, 0.717) is 28.1 Å². The molecule has 0 atom stereocenters. The monoisotopic (exact) mass is 360 g/mol. The molecule has 1 aliphatic heterocycles. The number of halogens is 1. The minimum absolute atomic E-state index is 0.287. The molecule has 0 radical (unpaired) electrons. The molecule has 1 amide bonds. The number of rotatable bonds is 4. The maximum absolute atomic E-state index is 12.6. The first-order valence-corrected chi connectivity index (χ1v) is 8.70. The Hall–Kier alpha value is -2.34. The van der Waals surface area contributed by atoms with Crippen LogP contribution >= 0.6 is 11.6 Å². The number of hydrogen-bond donors (Lipinski definition) is 1. The molecule has 0 saturated carbocycles.